The van der Waals surface area contributed by atoms with Gasteiger partial charge < -0.3 is 16.0 Å². The molecule has 0 aromatic carbocycles. The SMILES string of the molecule is CC(C)(CN)NC(=O)c1cc([N+](=O)[O-])c[nH]1.Cl. The molecule has 0 atom stereocenters. The van der Waals surface area contributed by atoms with Crippen molar-refractivity contribution >= 4 is 24.0 Å². The van der Waals surface area contributed by atoms with Gasteiger partial charge in [-0.05, 0) is 13.8 Å². The van der Waals surface area contributed by atoms with E-state index in [-0.39, 0.29) is 30.3 Å². The molecule has 0 fully saturated rings. The first-order valence-corrected chi connectivity index (χ1v) is 4.71. The summed E-state index contributed by atoms with van der Waals surface area (Å²) in [5, 5.41) is 13.1. The Morgan fingerprint density at radius 1 is 1.65 bits per heavy atom. The van der Waals surface area contributed by atoms with Crippen LogP contribution in [0.4, 0.5) is 5.69 Å². The van der Waals surface area contributed by atoms with E-state index in [1.807, 2.05) is 0 Å². The molecule has 1 heterocycles. The third-order valence-corrected chi connectivity index (χ3v) is 2.09. The van der Waals surface area contributed by atoms with E-state index >= 15 is 0 Å². The number of aromatic amines is 1. The van der Waals surface area contributed by atoms with Gasteiger partial charge in [0.1, 0.15) is 5.69 Å². The largest absolute Gasteiger partial charge is 0.351 e. The van der Waals surface area contributed by atoms with Crippen LogP contribution in [0.3, 0.4) is 0 Å². The molecule has 8 heteroatoms. The fourth-order valence-corrected chi connectivity index (χ4v) is 1.05. The van der Waals surface area contributed by atoms with Crippen LogP contribution in [0.5, 0.6) is 0 Å². The number of nitrogens with one attached hydrogen (secondary N) is 2. The van der Waals surface area contributed by atoms with Gasteiger partial charge in [0, 0.05) is 18.2 Å². The molecule has 0 aliphatic carbocycles. The van der Waals surface area contributed by atoms with E-state index in [1.165, 1.54) is 12.3 Å². The molecule has 1 rings (SSSR count). The molecular weight excluding hydrogens is 248 g/mol. The number of carbonyl (C=O) groups is 1. The normalized spacial score (nSPS) is 10.5. The van der Waals surface area contributed by atoms with Gasteiger partial charge in [-0.25, -0.2) is 0 Å². The van der Waals surface area contributed by atoms with Crippen molar-refractivity contribution in [3.8, 4) is 0 Å². The minimum absolute atomic E-state index is 0. The number of amides is 1. The number of nitrogens with two attached hydrogens (primary N) is 1. The lowest BCUT2D eigenvalue weighted by Crippen LogP contribution is -2.48. The lowest BCUT2D eigenvalue weighted by atomic mass is 10.1. The molecule has 0 spiro atoms. The van der Waals surface area contributed by atoms with E-state index in [0.717, 1.165) is 0 Å². The summed E-state index contributed by atoms with van der Waals surface area (Å²) < 4.78 is 0. The van der Waals surface area contributed by atoms with E-state index in [2.05, 4.69) is 10.3 Å². The van der Waals surface area contributed by atoms with Crippen LogP contribution in [0.25, 0.3) is 0 Å². The van der Waals surface area contributed by atoms with Crippen molar-refractivity contribution in [3.63, 3.8) is 0 Å². The first-order valence-electron chi connectivity index (χ1n) is 4.71. The number of hydrogen-bond acceptors (Lipinski definition) is 4. The highest BCUT2D eigenvalue weighted by Gasteiger charge is 2.21. The van der Waals surface area contributed by atoms with E-state index in [1.54, 1.807) is 13.8 Å². The number of halogens is 1. The molecule has 0 unspecified atom stereocenters. The minimum Gasteiger partial charge on any atom is -0.351 e. The number of hydrogen-bond donors (Lipinski definition) is 3. The molecule has 1 aromatic heterocycles. The van der Waals surface area contributed by atoms with Crippen LogP contribution in [-0.2, 0) is 0 Å². The van der Waals surface area contributed by atoms with Crippen molar-refractivity contribution in [1.29, 1.82) is 0 Å². The molecule has 0 aliphatic heterocycles. The lowest BCUT2D eigenvalue weighted by molar-refractivity contribution is -0.384. The van der Waals surface area contributed by atoms with Gasteiger partial charge in [0.05, 0.1) is 11.1 Å². The second-order valence-corrected chi connectivity index (χ2v) is 4.07. The van der Waals surface area contributed by atoms with Crippen molar-refractivity contribution in [1.82, 2.24) is 10.3 Å². The maximum absolute atomic E-state index is 11.6. The van der Waals surface area contributed by atoms with Crippen molar-refractivity contribution in [3.05, 3.63) is 28.1 Å². The summed E-state index contributed by atoms with van der Waals surface area (Å²) in [5.41, 5.74) is 4.91. The molecule has 0 radical (unpaired) electrons. The predicted molar refractivity (Wildman–Crippen MR) is 65.3 cm³/mol. The van der Waals surface area contributed by atoms with Gasteiger partial charge in [-0.1, -0.05) is 0 Å². The highest BCUT2D eigenvalue weighted by molar-refractivity contribution is 5.93. The zero-order chi connectivity index (χ0) is 12.3. The van der Waals surface area contributed by atoms with E-state index in [9.17, 15) is 14.9 Å². The van der Waals surface area contributed by atoms with E-state index in [4.69, 9.17) is 5.73 Å². The van der Waals surface area contributed by atoms with Gasteiger partial charge in [0.25, 0.3) is 11.6 Å². The van der Waals surface area contributed by atoms with Gasteiger partial charge in [-0.3, -0.25) is 14.9 Å². The Labute approximate surface area is 104 Å². The van der Waals surface area contributed by atoms with Crippen LogP contribution in [0.2, 0.25) is 0 Å². The van der Waals surface area contributed by atoms with Crippen molar-refractivity contribution < 1.29 is 9.72 Å². The quantitative estimate of drug-likeness (QED) is 0.550. The smallest absolute Gasteiger partial charge is 0.287 e. The van der Waals surface area contributed by atoms with Crippen LogP contribution >= 0.6 is 12.4 Å². The average Bonchev–Trinajstić information content (AvgIpc) is 2.66. The van der Waals surface area contributed by atoms with Gasteiger partial charge in [0.2, 0.25) is 0 Å². The number of nitro groups is 1. The van der Waals surface area contributed by atoms with E-state index in [0.29, 0.717) is 0 Å². The molecule has 1 aromatic rings. The molecule has 17 heavy (non-hydrogen) atoms. The minimum atomic E-state index is -0.568. The highest BCUT2D eigenvalue weighted by Crippen LogP contribution is 2.12. The molecule has 0 saturated heterocycles. The molecule has 4 N–H and O–H groups in total. The summed E-state index contributed by atoms with van der Waals surface area (Å²) in [5.74, 6) is -0.413. The van der Waals surface area contributed by atoms with Crippen LogP contribution in [-0.4, -0.2) is 27.9 Å². The summed E-state index contributed by atoms with van der Waals surface area (Å²) in [7, 11) is 0. The first kappa shape index (κ1) is 15.4. The maximum atomic E-state index is 11.6. The van der Waals surface area contributed by atoms with Crippen LogP contribution in [0.15, 0.2) is 12.3 Å². The topological polar surface area (TPSA) is 114 Å². The fraction of sp³-hybridized carbons (Fsp3) is 0.444. The summed E-state index contributed by atoms with van der Waals surface area (Å²) in [6, 6.07) is 1.18. The Balaban J connectivity index is 0.00000256. The molecule has 1 amide bonds. The van der Waals surface area contributed by atoms with Crippen LogP contribution < -0.4 is 11.1 Å². The highest BCUT2D eigenvalue weighted by atomic mass is 35.5. The Hall–Kier alpha value is -1.60. The fourth-order valence-electron chi connectivity index (χ4n) is 1.05. The first-order chi connectivity index (χ1) is 7.35. The maximum Gasteiger partial charge on any atom is 0.287 e. The molecule has 7 nitrogen and oxygen atoms in total. The number of aromatic nitrogens is 1. The zero-order valence-corrected chi connectivity index (χ0v) is 10.3. The monoisotopic (exact) mass is 262 g/mol. The molecular formula is C9H15ClN4O3. The Kier molecular flexibility index (Phi) is 5.11. The third kappa shape index (κ3) is 4.04. The molecule has 0 aliphatic rings. The number of rotatable bonds is 4. The van der Waals surface area contributed by atoms with Gasteiger partial charge in [-0.2, -0.15) is 0 Å². The summed E-state index contributed by atoms with van der Waals surface area (Å²) in [6.45, 7) is 3.81. The van der Waals surface area contributed by atoms with Crippen molar-refractivity contribution in [2.75, 3.05) is 6.54 Å². The van der Waals surface area contributed by atoms with Gasteiger partial charge >= 0.3 is 0 Å². The number of carbonyl (C=O) groups excluding carboxylic acids is 1. The Bertz CT molecular complexity index is 416. The average molecular weight is 263 g/mol. The van der Waals surface area contributed by atoms with E-state index < -0.39 is 16.4 Å². The van der Waals surface area contributed by atoms with Gasteiger partial charge in [-0.15, -0.1) is 12.4 Å². The second-order valence-electron chi connectivity index (χ2n) is 4.07. The number of H-pyrrole nitrogens is 1. The molecule has 0 bridgehead atoms. The second kappa shape index (κ2) is 5.65. The van der Waals surface area contributed by atoms with Gasteiger partial charge in [0.15, 0.2) is 0 Å². The van der Waals surface area contributed by atoms with Crippen molar-refractivity contribution in [2.24, 2.45) is 5.73 Å². The summed E-state index contributed by atoms with van der Waals surface area (Å²) in [4.78, 5) is 24.0. The lowest BCUT2D eigenvalue weighted by Gasteiger charge is -2.23. The standard InChI is InChI=1S/C9H14N4O3.ClH/c1-9(2,5-10)12-8(14)7-3-6(4-11-7)13(15)16;/h3-4,11H,5,10H2,1-2H3,(H,12,14);1H. The molecule has 0 saturated carbocycles. The van der Waals surface area contributed by atoms with Crippen molar-refractivity contribution in [2.45, 2.75) is 19.4 Å². The third-order valence-electron chi connectivity index (χ3n) is 2.09. The van der Waals surface area contributed by atoms with Crippen LogP contribution in [0.1, 0.15) is 24.3 Å². The Morgan fingerprint density at radius 3 is 2.65 bits per heavy atom. The Morgan fingerprint density at radius 2 is 2.24 bits per heavy atom. The zero-order valence-electron chi connectivity index (χ0n) is 9.52. The summed E-state index contributed by atoms with van der Waals surface area (Å²) in [6.07, 6.45) is 1.17. The predicted octanol–water partition coefficient (Wildman–Crippen LogP) is 0.812. The summed E-state index contributed by atoms with van der Waals surface area (Å²) >= 11 is 0. The number of nitrogens with zero attached hydrogens (tertiary/aromatic N) is 1. The molecule has 96 valence electrons. The van der Waals surface area contributed by atoms with Crippen LogP contribution in [0, 0.1) is 10.1 Å².